The van der Waals surface area contributed by atoms with E-state index in [4.69, 9.17) is 4.99 Å². The van der Waals surface area contributed by atoms with E-state index in [0.29, 0.717) is 5.92 Å². The lowest BCUT2D eigenvalue weighted by atomic mass is 9.84. The van der Waals surface area contributed by atoms with E-state index in [1.165, 1.54) is 42.6 Å². The van der Waals surface area contributed by atoms with Gasteiger partial charge < -0.3 is 0 Å². The molecule has 0 aromatic heterocycles. The number of rotatable bonds is 0. The Morgan fingerprint density at radius 2 is 2.08 bits per heavy atom. The first kappa shape index (κ1) is 7.31. The molecule has 2 aliphatic rings. The van der Waals surface area contributed by atoms with Crippen molar-refractivity contribution in [3.05, 3.63) is 29.8 Å². The molecule has 0 spiro atoms. The second-order valence-corrected chi connectivity index (χ2v) is 3.96. The Morgan fingerprint density at radius 3 is 3.08 bits per heavy atom. The molecule has 1 atom stereocenters. The van der Waals surface area contributed by atoms with E-state index in [1.54, 1.807) is 0 Å². The first-order chi connectivity index (χ1) is 6.45. The summed E-state index contributed by atoms with van der Waals surface area (Å²) in [4.78, 5) is 4.69. The van der Waals surface area contributed by atoms with Crippen molar-refractivity contribution in [2.24, 2.45) is 4.99 Å². The van der Waals surface area contributed by atoms with Crippen molar-refractivity contribution in [1.29, 1.82) is 0 Å². The fraction of sp³-hybridized carbons (Fsp3) is 0.417. The van der Waals surface area contributed by atoms with Crippen LogP contribution in [0.3, 0.4) is 0 Å². The van der Waals surface area contributed by atoms with Crippen LogP contribution in [0.2, 0.25) is 0 Å². The van der Waals surface area contributed by atoms with Crippen LogP contribution in [0.25, 0.3) is 0 Å². The van der Waals surface area contributed by atoms with E-state index >= 15 is 0 Å². The molecule has 13 heavy (non-hydrogen) atoms. The highest BCUT2D eigenvalue weighted by molar-refractivity contribution is 5.98. The lowest BCUT2D eigenvalue weighted by molar-refractivity contribution is 0.621. The van der Waals surface area contributed by atoms with Crippen LogP contribution in [0.1, 0.15) is 37.2 Å². The van der Waals surface area contributed by atoms with Crippen molar-refractivity contribution in [2.75, 3.05) is 0 Å². The molecule has 1 unspecified atom stereocenters. The van der Waals surface area contributed by atoms with Gasteiger partial charge in [-0.15, -0.1) is 0 Å². The first-order valence-corrected chi connectivity index (χ1v) is 5.11. The molecule has 1 saturated carbocycles. The van der Waals surface area contributed by atoms with Crippen molar-refractivity contribution < 1.29 is 0 Å². The van der Waals surface area contributed by atoms with Gasteiger partial charge >= 0.3 is 0 Å². The van der Waals surface area contributed by atoms with Crippen LogP contribution in [0.5, 0.6) is 0 Å². The third-order valence-corrected chi connectivity index (χ3v) is 3.15. The van der Waals surface area contributed by atoms with Crippen LogP contribution in [-0.4, -0.2) is 5.71 Å². The van der Waals surface area contributed by atoms with E-state index in [-0.39, 0.29) is 0 Å². The SMILES string of the molecule is c1ccc2c(c1)N=C1CCCCC12. The van der Waals surface area contributed by atoms with Gasteiger partial charge in [-0.3, -0.25) is 4.99 Å². The fourth-order valence-electron chi connectivity index (χ4n) is 2.50. The summed E-state index contributed by atoms with van der Waals surface area (Å²) < 4.78 is 0. The maximum atomic E-state index is 4.69. The van der Waals surface area contributed by atoms with Gasteiger partial charge in [0.15, 0.2) is 0 Å². The van der Waals surface area contributed by atoms with Crippen LogP contribution in [0.15, 0.2) is 29.3 Å². The summed E-state index contributed by atoms with van der Waals surface area (Å²) in [6.07, 6.45) is 5.25. The fourth-order valence-corrected chi connectivity index (χ4v) is 2.50. The molecule has 66 valence electrons. The second kappa shape index (κ2) is 2.69. The molecule has 1 fully saturated rings. The summed E-state index contributed by atoms with van der Waals surface area (Å²) in [5.41, 5.74) is 4.13. The second-order valence-electron chi connectivity index (χ2n) is 3.96. The third kappa shape index (κ3) is 1.03. The molecule has 0 saturated heterocycles. The first-order valence-electron chi connectivity index (χ1n) is 5.11. The highest BCUT2D eigenvalue weighted by Crippen LogP contribution is 2.41. The van der Waals surface area contributed by atoms with E-state index in [1.807, 2.05) is 0 Å². The molecule has 0 N–H and O–H groups in total. The largest absolute Gasteiger partial charge is 0.257 e. The molecular weight excluding hydrogens is 158 g/mol. The molecule has 0 radical (unpaired) electrons. The van der Waals surface area contributed by atoms with Crippen molar-refractivity contribution in [3.8, 4) is 0 Å². The number of hydrogen-bond acceptors (Lipinski definition) is 1. The van der Waals surface area contributed by atoms with Gasteiger partial charge in [0.05, 0.1) is 5.69 Å². The maximum absolute atomic E-state index is 4.69. The summed E-state index contributed by atoms with van der Waals surface area (Å²) >= 11 is 0. The Labute approximate surface area is 78.5 Å². The molecule has 1 aliphatic carbocycles. The average molecular weight is 171 g/mol. The molecule has 1 aliphatic heterocycles. The minimum absolute atomic E-state index is 0.671. The molecule has 1 heterocycles. The van der Waals surface area contributed by atoms with Crippen molar-refractivity contribution >= 4 is 11.4 Å². The molecule has 1 nitrogen and oxygen atoms in total. The summed E-state index contributed by atoms with van der Waals surface area (Å²) in [6, 6.07) is 8.59. The Bertz CT molecular complexity index is 365. The zero-order chi connectivity index (χ0) is 8.67. The number of nitrogens with zero attached hydrogens (tertiary/aromatic N) is 1. The number of fused-ring (bicyclic) bond motifs is 3. The number of aliphatic imine (C=N–C) groups is 1. The molecule has 0 amide bonds. The molecule has 1 aromatic rings. The lowest BCUT2D eigenvalue weighted by Crippen LogP contribution is -2.13. The number of hydrogen-bond donors (Lipinski definition) is 0. The highest BCUT2D eigenvalue weighted by Gasteiger charge is 2.28. The smallest absolute Gasteiger partial charge is 0.0667 e. The van der Waals surface area contributed by atoms with Crippen LogP contribution in [0, 0.1) is 0 Å². The van der Waals surface area contributed by atoms with E-state index in [9.17, 15) is 0 Å². The minimum Gasteiger partial charge on any atom is -0.257 e. The predicted molar refractivity (Wildman–Crippen MR) is 54.7 cm³/mol. The number of para-hydroxylation sites is 1. The molecular formula is C12H13N. The van der Waals surface area contributed by atoms with E-state index < -0.39 is 0 Å². The van der Waals surface area contributed by atoms with Crippen molar-refractivity contribution in [3.63, 3.8) is 0 Å². The van der Waals surface area contributed by atoms with Crippen LogP contribution < -0.4 is 0 Å². The summed E-state index contributed by atoms with van der Waals surface area (Å²) in [7, 11) is 0. The van der Waals surface area contributed by atoms with E-state index in [2.05, 4.69) is 24.3 Å². The molecule has 0 bridgehead atoms. The monoisotopic (exact) mass is 171 g/mol. The Hall–Kier alpha value is -1.11. The standard InChI is InChI=1S/C12H13N/c1-3-7-11-9(5-1)10-6-2-4-8-12(10)13-11/h1,3,5,7,10H,2,4,6,8H2. The van der Waals surface area contributed by atoms with Crippen LogP contribution in [0.4, 0.5) is 5.69 Å². The van der Waals surface area contributed by atoms with Gasteiger partial charge in [0.1, 0.15) is 0 Å². The summed E-state index contributed by atoms with van der Waals surface area (Å²) in [5, 5.41) is 0. The Morgan fingerprint density at radius 1 is 1.15 bits per heavy atom. The summed E-state index contributed by atoms with van der Waals surface area (Å²) in [5.74, 6) is 0.671. The third-order valence-electron chi connectivity index (χ3n) is 3.15. The molecule has 1 aromatic carbocycles. The topological polar surface area (TPSA) is 12.4 Å². The van der Waals surface area contributed by atoms with Gasteiger partial charge in [-0.2, -0.15) is 0 Å². The van der Waals surface area contributed by atoms with Crippen molar-refractivity contribution in [1.82, 2.24) is 0 Å². The van der Waals surface area contributed by atoms with Gasteiger partial charge in [0, 0.05) is 11.6 Å². The van der Waals surface area contributed by atoms with Gasteiger partial charge in [0.25, 0.3) is 0 Å². The van der Waals surface area contributed by atoms with Crippen LogP contribution in [-0.2, 0) is 0 Å². The lowest BCUT2D eigenvalue weighted by Gasteiger charge is -2.19. The highest BCUT2D eigenvalue weighted by atomic mass is 14.8. The van der Waals surface area contributed by atoms with Gasteiger partial charge in [-0.05, 0) is 30.9 Å². The van der Waals surface area contributed by atoms with E-state index in [0.717, 1.165) is 0 Å². The zero-order valence-electron chi connectivity index (χ0n) is 7.66. The average Bonchev–Trinajstić information content (AvgIpc) is 2.56. The van der Waals surface area contributed by atoms with Gasteiger partial charge in [-0.25, -0.2) is 0 Å². The zero-order valence-corrected chi connectivity index (χ0v) is 7.66. The summed E-state index contributed by atoms with van der Waals surface area (Å²) in [6.45, 7) is 0. The van der Waals surface area contributed by atoms with Crippen molar-refractivity contribution in [2.45, 2.75) is 31.6 Å². The predicted octanol–water partition coefficient (Wildman–Crippen LogP) is 3.43. The maximum Gasteiger partial charge on any atom is 0.0667 e. The quantitative estimate of drug-likeness (QED) is 0.567. The van der Waals surface area contributed by atoms with Gasteiger partial charge in [0.2, 0.25) is 0 Å². The van der Waals surface area contributed by atoms with Gasteiger partial charge in [-0.1, -0.05) is 24.6 Å². The van der Waals surface area contributed by atoms with Crippen LogP contribution >= 0.6 is 0 Å². The molecule has 3 rings (SSSR count). The number of benzene rings is 1. The molecule has 1 heteroatoms. The minimum atomic E-state index is 0.671. The Balaban J connectivity index is 2.09. The Kier molecular flexibility index (Phi) is 1.51. The normalized spacial score (nSPS) is 24.9.